The van der Waals surface area contributed by atoms with Crippen molar-refractivity contribution in [1.29, 1.82) is 5.26 Å². The first kappa shape index (κ1) is 25.8. The zero-order valence-corrected chi connectivity index (χ0v) is 21.1. The van der Waals surface area contributed by atoms with Crippen molar-refractivity contribution >= 4 is 17.6 Å². The minimum Gasteiger partial charge on any atom is -0.336 e. The molecule has 0 atom stereocenters. The van der Waals surface area contributed by atoms with Gasteiger partial charge in [-0.25, -0.2) is 4.39 Å². The van der Waals surface area contributed by atoms with E-state index in [9.17, 15) is 14.0 Å². The number of nitrogens with one attached hydrogen (secondary N) is 1. The number of nitrogens with zero attached hydrogens (tertiary/aromatic N) is 6. The van der Waals surface area contributed by atoms with Gasteiger partial charge in [-0.2, -0.15) is 10.4 Å². The third-order valence-electron chi connectivity index (χ3n) is 6.53. The molecule has 1 fully saturated rings. The van der Waals surface area contributed by atoms with Crippen LogP contribution < -0.4 is 5.32 Å². The SMILES string of the molecule is N#Cc1ccc(Cn2ccc(NC(=O)c3ccc(C(=O)N4CCN(Cc5ccc(F)cc5)CC4)cn3)n2)cc1. The molecule has 2 aromatic heterocycles. The van der Waals surface area contributed by atoms with Crippen LogP contribution in [-0.4, -0.2) is 62.6 Å². The lowest BCUT2D eigenvalue weighted by Crippen LogP contribution is -2.48. The molecule has 0 bridgehead atoms. The number of aromatic nitrogens is 3. The number of anilines is 1. The van der Waals surface area contributed by atoms with Crippen LogP contribution in [0.3, 0.4) is 0 Å². The molecule has 0 spiro atoms. The Balaban J connectivity index is 1.11. The molecular formula is C29H26FN7O2. The molecule has 1 saturated heterocycles. The average molecular weight is 524 g/mol. The molecule has 0 saturated carbocycles. The minimum atomic E-state index is -0.424. The molecule has 1 aliphatic rings. The summed E-state index contributed by atoms with van der Waals surface area (Å²) in [4.78, 5) is 33.8. The molecule has 4 aromatic rings. The number of piperazine rings is 1. The summed E-state index contributed by atoms with van der Waals surface area (Å²) in [6, 6.07) is 20.6. The lowest BCUT2D eigenvalue weighted by molar-refractivity contribution is 0.0627. The van der Waals surface area contributed by atoms with Crippen molar-refractivity contribution in [3.63, 3.8) is 0 Å². The van der Waals surface area contributed by atoms with Gasteiger partial charge in [0.1, 0.15) is 11.5 Å². The molecule has 2 aromatic carbocycles. The van der Waals surface area contributed by atoms with E-state index in [2.05, 4.69) is 26.4 Å². The molecule has 196 valence electrons. The van der Waals surface area contributed by atoms with Crippen molar-refractivity contribution in [3.05, 3.63) is 113 Å². The van der Waals surface area contributed by atoms with Crippen LogP contribution in [0.4, 0.5) is 10.2 Å². The van der Waals surface area contributed by atoms with E-state index in [0.717, 1.165) is 24.2 Å². The number of halogens is 1. The van der Waals surface area contributed by atoms with E-state index in [1.54, 1.807) is 52.2 Å². The topological polar surface area (TPSA) is 107 Å². The summed E-state index contributed by atoms with van der Waals surface area (Å²) in [5.74, 6) is -0.420. The molecule has 10 heteroatoms. The monoisotopic (exact) mass is 523 g/mol. The fourth-order valence-electron chi connectivity index (χ4n) is 4.36. The molecule has 9 nitrogen and oxygen atoms in total. The van der Waals surface area contributed by atoms with E-state index in [1.165, 1.54) is 24.4 Å². The summed E-state index contributed by atoms with van der Waals surface area (Å²) in [6.07, 6.45) is 3.17. The zero-order valence-electron chi connectivity index (χ0n) is 21.1. The molecule has 5 rings (SSSR count). The summed E-state index contributed by atoms with van der Waals surface area (Å²) in [5, 5.41) is 16.0. The van der Waals surface area contributed by atoms with E-state index < -0.39 is 5.91 Å². The Morgan fingerprint density at radius 3 is 2.26 bits per heavy atom. The third kappa shape index (κ3) is 6.52. The van der Waals surface area contributed by atoms with Gasteiger partial charge in [0.25, 0.3) is 11.8 Å². The summed E-state index contributed by atoms with van der Waals surface area (Å²) in [7, 11) is 0. The highest BCUT2D eigenvalue weighted by Crippen LogP contribution is 2.14. The highest BCUT2D eigenvalue weighted by molar-refractivity contribution is 6.03. The Hall–Kier alpha value is -4.88. The smallest absolute Gasteiger partial charge is 0.275 e. The number of carbonyl (C=O) groups is 2. The van der Waals surface area contributed by atoms with Gasteiger partial charge in [-0.3, -0.25) is 24.2 Å². The summed E-state index contributed by atoms with van der Waals surface area (Å²) in [5.41, 5.74) is 3.20. The Labute approximate surface area is 225 Å². The van der Waals surface area contributed by atoms with Gasteiger partial charge in [0.2, 0.25) is 0 Å². The molecule has 1 aliphatic heterocycles. The quantitative estimate of drug-likeness (QED) is 0.397. The number of pyridine rings is 1. The predicted octanol–water partition coefficient (Wildman–Crippen LogP) is 3.55. The van der Waals surface area contributed by atoms with Crippen molar-refractivity contribution in [2.75, 3.05) is 31.5 Å². The van der Waals surface area contributed by atoms with Crippen LogP contribution in [0.5, 0.6) is 0 Å². The fraction of sp³-hybridized carbons (Fsp3) is 0.207. The maximum atomic E-state index is 13.1. The number of hydrogen-bond acceptors (Lipinski definition) is 6. The van der Waals surface area contributed by atoms with E-state index in [-0.39, 0.29) is 17.4 Å². The largest absolute Gasteiger partial charge is 0.336 e. The van der Waals surface area contributed by atoms with Crippen LogP contribution in [-0.2, 0) is 13.1 Å². The standard InChI is InChI=1S/C29H26FN7O2/c30-25-8-5-22(6-9-25)19-35-13-15-36(16-14-35)29(39)24-7-10-26(32-18-24)28(38)33-27-11-12-37(34-27)20-23-3-1-21(17-31)2-4-23/h1-12,18H,13-16,19-20H2,(H,33,34,38). The van der Waals surface area contributed by atoms with E-state index in [0.29, 0.717) is 43.1 Å². The molecule has 1 N–H and O–H groups in total. The van der Waals surface area contributed by atoms with Crippen LogP contribution >= 0.6 is 0 Å². The second-order valence-electron chi connectivity index (χ2n) is 9.29. The van der Waals surface area contributed by atoms with Crippen LogP contribution in [0, 0.1) is 17.1 Å². The second kappa shape index (κ2) is 11.7. The maximum absolute atomic E-state index is 13.1. The Morgan fingerprint density at radius 2 is 1.59 bits per heavy atom. The molecule has 2 amide bonds. The van der Waals surface area contributed by atoms with Gasteiger partial charge >= 0.3 is 0 Å². The molecule has 3 heterocycles. The lowest BCUT2D eigenvalue weighted by Gasteiger charge is -2.34. The highest BCUT2D eigenvalue weighted by atomic mass is 19.1. The van der Waals surface area contributed by atoms with Crippen molar-refractivity contribution in [2.24, 2.45) is 0 Å². The highest BCUT2D eigenvalue weighted by Gasteiger charge is 2.23. The summed E-state index contributed by atoms with van der Waals surface area (Å²) < 4.78 is 14.8. The van der Waals surface area contributed by atoms with Crippen molar-refractivity contribution in [3.8, 4) is 6.07 Å². The van der Waals surface area contributed by atoms with Crippen LogP contribution in [0.1, 0.15) is 37.5 Å². The summed E-state index contributed by atoms with van der Waals surface area (Å²) in [6.45, 7) is 3.79. The Bertz CT molecular complexity index is 1480. The van der Waals surface area contributed by atoms with Gasteiger partial charge in [-0.05, 0) is 47.5 Å². The van der Waals surface area contributed by atoms with Gasteiger partial charge < -0.3 is 10.2 Å². The minimum absolute atomic E-state index is 0.127. The number of rotatable bonds is 7. The number of carbonyl (C=O) groups excluding carboxylic acids is 2. The fourth-order valence-corrected chi connectivity index (χ4v) is 4.36. The Kier molecular flexibility index (Phi) is 7.70. The first-order chi connectivity index (χ1) is 19.0. The van der Waals surface area contributed by atoms with E-state index in [4.69, 9.17) is 5.26 Å². The summed E-state index contributed by atoms with van der Waals surface area (Å²) >= 11 is 0. The molecule has 0 aliphatic carbocycles. The maximum Gasteiger partial charge on any atom is 0.275 e. The zero-order chi connectivity index (χ0) is 27.2. The number of benzene rings is 2. The average Bonchev–Trinajstić information content (AvgIpc) is 3.41. The number of hydrogen-bond donors (Lipinski definition) is 1. The van der Waals surface area contributed by atoms with Crippen LogP contribution in [0.2, 0.25) is 0 Å². The number of amides is 2. The first-order valence-electron chi connectivity index (χ1n) is 12.5. The van der Waals surface area contributed by atoms with E-state index in [1.807, 2.05) is 12.1 Å². The molecule has 0 unspecified atom stereocenters. The van der Waals surface area contributed by atoms with E-state index >= 15 is 0 Å². The lowest BCUT2D eigenvalue weighted by atomic mass is 10.1. The van der Waals surface area contributed by atoms with Gasteiger partial charge in [-0.15, -0.1) is 0 Å². The Morgan fingerprint density at radius 1 is 0.897 bits per heavy atom. The van der Waals surface area contributed by atoms with Crippen molar-refractivity contribution in [1.82, 2.24) is 24.6 Å². The predicted molar refractivity (Wildman–Crippen MR) is 142 cm³/mol. The molecule has 0 radical (unpaired) electrons. The third-order valence-corrected chi connectivity index (χ3v) is 6.53. The molecular weight excluding hydrogens is 497 g/mol. The van der Waals surface area contributed by atoms with Gasteiger partial charge in [0.15, 0.2) is 5.82 Å². The second-order valence-corrected chi connectivity index (χ2v) is 9.29. The van der Waals surface area contributed by atoms with Crippen LogP contribution in [0.15, 0.2) is 79.1 Å². The normalized spacial score (nSPS) is 13.6. The van der Waals surface area contributed by atoms with Gasteiger partial charge in [-0.1, -0.05) is 24.3 Å². The number of nitriles is 1. The molecule has 39 heavy (non-hydrogen) atoms. The first-order valence-corrected chi connectivity index (χ1v) is 12.5. The van der Waals surface area contributed by atoms with Crippen molar-refractivity contribution < 1.29 is 14.0 Å². The van der Waals surface area contributed by atoms with Crippen LogP contribution in [0.25, 0.3) is 0 Å². The van der Waals surface area contributed by atoms with Gasteiger partial charge in [0, 0.05) is 51.2 Å². The van der Waals surface area contributed by atoms with Gasteiger partial charge in [0.05, 0.1) is 23.7 Å². The van der Waals surface area contributed by atoms with Crippen molar-refractivity contribution in [2.45, 2.75) is 13.1 Å².